The second-order valence-corrected chi connectivity index (χ2v) is 8.38. The molecule has 0 bridgehead atoms. The Kier molecular flexibility index (Phi) is 4.43. The van der Waals surface area contributed by atoms with Crippen molar-refractivity contribution in [2.24, 2.45) is 0 Å². The molecule has 2 nitrogen and oxygen atoms in total. The maximum absolute atomic E-state index is 11.2. The van der Waals surface area contributed by atoms with Crippen LogP contribution < -0.4 is 0 Å². The predicted molar refractivity (Wildman–Crippen MR) is 129 cm³/mol. The van der Waals surface area contributed by atoms with Gasteiger partial charge < -0.3 is 10.2 Å². The Morgan fingerprint density at radius 1 is 0.438 bits per heavy atom. The van der Waals surface area contributed by atoms with E-state index in [1.807, 2.05) is 42.5 Å². The Bertz CT molecular complexity index is 1450. The molecular formula is C30H22O2. The van der Waals surface area contributed by atoms with Crippen LogP contribution in [0.2, 0.25) is 0 Å². The number of benzene rings is 5. The molecule has 5 aromatic carbocycles. The lowest BCUT2D eigenvalue weighted by atomic mass is 9.78. The molecule has 2 N–H and O–H groups in total. The lowest BCUT2D eigenvalue weighted by Gasteiger charge is -2.30. The van der Waals surface area contributed by atoms with E-state index in [0.717, 1.165) is 38.9 Å². The van der Waals surface area contributed by atoms with Crippen molar-refractivity contribution in [3.63, 3.8) is 0 Å². The van der Waals surface area contributed by atoms with Crippen LogP contribution in [0.25, 0.3) is 33.0 Å². The van der Waals surface area contributed by atoms with Gasteiger partial charge in [-0.3, -0.25) is 0 Å². The summed E-state index contributed by atoms with van der Waals surface area (Å²) in [5.41, 5.74) is 7.41. The van der Waals surface area contributed by atoms with Gasteiger partial charge in [0.2, 0.25) is 0 Å². The molecule has 0 spiro atoms. The van der Waals surface area contributed by atoms with E-state index >= 15 is 0 Å². The van der Waals surface area contributed by atoms with Crippen LogP contribution >= 0.6 is 0 Å². The molecule has 154 valence electrons. The number of fused-ring (bicyclic) bond motifs is 3. The van der Waals surface area contributed by atoms with E-state index in [2.05, 4.69) is 66.7 Å². The summed E-state index contributed by atoms with van der Waals surface area (Å²) >= 11 is 0. The minimum atomic E-state index is -0.763. The topological polar surface area (TPSA) is 40.5 Å². The van der Waals surface area contributed by atoms with Gasteiger partial charge in [0.25, 0.3) is 0 Å². The van der Waals surface area contributed by atoms with Crippen LogP contribution in [-0.2, 0) is 0 Å². The van der Waals surface area contributed by atoms with Gasteiger partial charge in [-0.15, -0.1) is 0 Å². The second kappa shape index (κ2) is 7.45. The Balaban J connectivity index is 1.42. The zero-order valence-corrected chi connectivity index (χ0v) is 17.4. The molecule has 5 aromatic rings. The summed E-state index contributed by atoms with van der Waals surface area (Å²) in [6, 6.07) is 36.8. The number of aliphatic hydroxyl groups is 2. The van der Waals surface area contributed by atoms with E-state index in [-0.39, 0.29) is 0 Å². The van der Waals surface area contributed by atoms with Crippen LogP contribution in [0.1, 0.15) is 34.5 Å². The number of hydrogen-bond acceptors (Lipinski definition) is 2. The monoisotopic (exact) mass is 414 g/mol. The van der Waals surface area contributed by atoms with Crippen molar-refractivity contribution in [2.45, 2.75) is 12.2 Å². The van der Waals surface area contributed by atoms with Gasteiger partial charge in [0.1, 0.15) is 12.2 Å². The molecule has 0 heterocycles. The van der Waals surface area contributed by atoms with E-state index in [4.69, 9.17) is 0 Å². The summed E-state index contributed by atoms with van der Waals surface area (Å²) in [4.78, 5) is 0. The van der Waals surface area contributed by atoms with Crippen LogP contribution in [0.3, 0.4) is 0 Å². The first-order valence-electron chi connectivity index (χ1n) is 10.9. The van der Waals surface area contributed by atoms with Crippen molar-refractivity contribution in [3.8, 4) is 22.3 Å². The molecule has 6 rings (SSSR count). The smallest absolute Gasteiger partial charge is 0.105 e. The van der Waals surface area contributed by atoms with Gasteiger partial charge in [0.15, 0.2) is 0 Å². The first kappa shape index (κ1) is 19.0. The SMILES string of the molecule is OC1c2ccccc2C(O)c2c(-c3ccc(-c4ccc5ccccc5c4)cc3)cccc21. The van der Waals surface area contributed by atoms with E-state index in [1.54, 1.807) is 0 Å². The molecule has 1 aliphatic carbocycles. The van der Waals surface area contributed by atoms with Gasteiger partial charge in [-0.2, -0.15) is 0 Å². The minimum absolute atomic E-state index is 0.735. The van der Waals surface area contributed by atoms with Gasteiger partial charge in [0.05, 0.1) is 0 Å². The fourth-order valence-electron chi connectivity index (χ4n) is 4.92. The Morgan fingerprint density at radius 2 is 1.03 bits per heavy atom. The zero-order chi connectivity index (χ0) is 21.7. The Morgan fingerprint density at radius 3 is 1.81 bits per heavy atom. The zero-order valence-electron chi connectivity index (χ0n) is 17.4. The molecule has 0 fully saturated rings. The highest BCUT2D eigenvalue weighted by Crippen LogP contribution is 2.45. The number of aliphatic hydroxyl groups excluding tert-OH is 2. The fraction of sp³-hybridized carbons (Fsp3) is 0.0667. The largest absolute Gasteiger partial charge is 0.384 e. The van der Waals surface area contributed by atoms with Gasteiger partial charge in [-0.25, -0.2) is 0 Å². The summed E-state index contributed by atoms with van der Waals surface area (Å²) in [5, 5.41) is 24.6. The van der Waals surface area contributed by atoms with Crippen LogP contribution in [0.5, 0.6) is 0 Å². The van der Waals surface area contributed by atoms with E-state index in [0.29, 0.717) is 0 Å². The molecule has 0 saturated heterocycles. The van der Waals surface area contributed by atoms with E-state index in [9.17, 15) is 10.2 Å². The van der Waals surface area contributed by atoms with Gasteiger partial charge in [-0.1, -0.05) is 103 Å². The molecule has 0 aromatic heterocycles. The first-order valence-corrected chi connectivity index (χ1v) is 10.9. The lowest BCUT2D eigenvalue weighted by molar-refractivity contribution is 0.174. The van der Waals surface area contributed by atoms with Crippen LogP contribution in [0.4, 0.5) is 0 Å². The lowest BCUT2D eigenvalue weighted by Crippen LogP contribution is -2.18. The first-order chi connectivity index (χ1) is 15.7. The molecule has 0 saturated carbocycles. The summed E-state index contributed by atoms with van der Waals surface area (Å²) in [6.07, 6.45) is -1.50. The maximum Gasteiger partial charge on any atom is 0.105 e. The molecule has 0 radical (unpaired) electrons. The quantitative estimate of drug-likeness (QED) is 0.339. The number of hydrogen-bond donors (Lipinski definition) is 2. The van der Waals surface area contributed by atoms with Crippen LogP contribution in [0.15, 0.2) is 109 Å². The van der Waals surface area contributed by atoms with Gasteiger partial charge in [0, 0.05) is 0 Å². The molecule has 0 aliphatic heterocycles. The third-order valence-corrected chi connectivity index (χ3v) is 6.57. The van der Waals surface area contributed by atoms with Crippen molar-refractivity contribution in [2.75, 3.05) is 0 Å². The van der Waals surface area contributed by atoms with Crippen molar-refractivity contribution < 1.29 is 10.2 Å². The molecule has 1 aliphatic rings. The Labute approximate surface area is 187 Å². The number of rotatable bonds is 2. The van der Waals surface area contributed by atoms with E-state index < -0.39 is 12.2 Å². The molecule has 2 atom stereocenters. The van der Waals surface area contributed by atoms with Crippen molar-refractivity contribution in [1.82, 2.24) is 0 Å². The second-order valence-electron chi connectivity index (χ2n) is 8.38. The third-order valence-electron chi connectivity index (χ3n) is 6.57. The highest BCUT2D eigenvalue weighted by atomic mass is 16.3. The summed E-state index contributed by atoms with van der Waals surface area (Å²) in [5.74, 6) is 0. The van der Waals surface area contributed by atoms with Crippen molar-refractivity contribution in [1.29, 1.82) is 0 Å². The average Bonchev–Trinajstić information content (AvgIpc) is 2.86. The van der Waals surface area contributed by atoms with Crippen molar-refractivity contribution in [3.05, 3.63) is 131 Å². The predicted octanol–water partition coefficient (Wildman–Crippen LogP) is 6.65. The molecule has 2 heteroatoms. The fourth-order valence-corrected chi connectivity index (χ4v) is 4.92. The molecule has 2 unspecified atom stereocenters. The van der Waals surface area contributed by atoms with Crippen molar-refractivity contribution >= 4 is 10.8 Å². The normalized spacial score (nSPS) is 17.1. The van der Waals surface area contributed by atoms with Crippen LogP contribution in [-0.4, -0.2) is 10.2 Å². The minimum Gasteiger partial charge on any atom is -0.384 e. The molecule has 32 heavy (non-hydrogen) atoms. The standard InChI is InChI=1S/C30H22O2/c31-29-25-8-3-4-9-26(25)30(32)28-24(10-5-11-27(28)29)21-15-12-20(13-16-21)23-17-14-19-6-1-2-7-22(19)18-23/h1-18,29-32H. The maximum atomic E-state index is 11.2. The molecular weight excluding hydrogens is 392 g/mol. The summed E-state index contributed by atoms with van der Waals surface area (Å²) < 4.78 is 0. The third kappa shape index (κ3) is 2.96. The highest BCUT2D eigenvalue weighted by Gasteiger charge is 2.31. The van der Waals surface area contributed by atoms with Gasteiger partial charge >= 0.3 is 0 Å². The van der Waals surface area contributed by atoms with E-state index in [1.165, 1.54) is 16.3 Å². The summed E-state index contributed by atoms with van der Waals surface area (Å²) in [7, 11) is 0. The Hall–Kier alpha value is -3.72. The average molecular weight is 415 g/mol. The van der Waals surface area contributed by atoms with Gasteiger partial charge in [-0.05, 0) is 61.3 Å². The highest BCUT2D eigenvalue weighted by molar-refractivity contribution is 5.87. The summed E-state index contributed by atoms with van der Waals surface area (Å²) in [6.45, 7) is 0. The van der Waals surface area contributed by atoms with Crippen LogP contribution in [0, 0.1) is 0 Å². The molecule has 0 amide bonds.